The minimum atomic E-state index is -0.861. The summed E-state index contributed by atoms with van der Waals surface area (Å²) in [4.78, 5) is 16.2. The maximum absolute atomic E-state index is 14.0. The summed E-state index contributed by atoms with van der Waals surface area (Å²) in [7, 11) is 0. The highest BCUT2D eigenvalue weighted by atomic mass is 35.5. The molecule has 29 heavy (non-hydrogen) atoms. The number of hydrogen-bond acceptors (Lipinski definition) is 4. The van der Waals surface area contributed by atoms with Crippen molar-refractivity contribution >= 4 is 40.3 Å². The molecule has 5 nitrogen and oxygen atoms in total. The van der Waals surface area contributed by atoms with Gasteiger partial charge >= 0.3 is 0 Å². The average Bonchev–Trinajstić information content (AvgIpc) is 2.69. The topological polar surface area (TPSA) is 56.5 Å². The van der Waals surface area contributed by atoms with Gasteiger partial charge in [-0.15, -0.1) is 5.10 Å². The maximum Gasteiger partial charge on any atom is 0.281 e. The zero-order valence-electron chi connectivity index (χ0n) is 14.2. The van der Waals surface area contributed by atoms with Crippen molar-refractivity contribution in [1.82, 2.24) is 14.6 Å². The van der Waals surface area contributed by atoms with Crippen molar-refractivity contribution in [3.63, 3.8) is 0 Å². The number of aromatic nitrogens is 3. The third-order valence-corrected chi connectivity index (χ3v) is 4.99. The summed E-state index contributed by atoms with van der Waals surface area (Å²) in [6.45, 7) is 0. The fraction of sp³-hybridized carbons (Fsp3) is 0. The summed E-state index contributed by atoms with van der Waals surface area (Å²) in [5.41, 5.74) is 0.214. The van der Waals surface area contributed by atoms with Gasteiger partial charge in [-0.25, -0.2) is 13.3 Å². The van der Waals surface area contributed by atoms with Crippen LogP contribution >= 0.6 is 34.8 Å². The predicted octanol–water partition coefficient (Wildman–Crippen LogP) is 5.79. The van der Waals surface area contributed by atoms with E-state index in [2.05, 4.69) is 10.1 Å². The molecule has 2 aromatic heterocycles. The van der Waals surface area contributed by atoms with E-state index in [-0.39, 0.29) is 21.5 Å². The van der Waals surface area contributed by atoms with Gasteiger partial charge < -0.3 is 4.74 Å². The number of halogens is 5. The number of benzene rings is 2. The molecule has 0 radical (unpaired) electrons. The van der Waals surface area contributed by atoms with Crippen LogP contribution < -0.4 is 10.3 Å². The van der Waals surface area contributed by atoms with Crippen LogP contribution in [0.25, 0.3) is 16.6 Å². The molecular weight excluding hydrogens is 447 g/mol. The van der Waals surface area contributed by atoms with Crippen LogP contribution in [0.1, 0.15) is 0 Å². The van der Waals surface area contributed by atoms with Gasteiger partial charge in [0.05, 0.1) is 21.1 Å². The largest absolute Gasteiger partial charge is 0.433 e. The third-order valence-electron chi connectivity index (χ3n) is 4.01. The van der Waals surface area contributed by atoms with Gasteiger partial charge in [-0.05, 0) is 30.3 Å². The van der Waals surface area contributed by atoms with Crippen LogP contribution in [0.4, 0.5) is 8.78 Å². The van der Waals surface area contributed by atoms with E-state index in [1.54, 1.807) is 18.2 Å². The summed E-state index contributed by atoms with van der Waals surface area (Å²) < 4.78 is 34.1. The molecule has 0 fully saturated rings. The van der Waals surface area contributed by atoms with Crippen LogP contribution in [0.2, 0.25) is 15.1 Å². The van der Waals surface area contributed by atoms with Crippen molar-refractivity contribution in [2.24, 2.45) is 0 Å². The lowest BCUT2D eigenvalue weighted by Gasteiger charge is -2.12. The first-order chi connectivity index (χ1) is 13.9. The zero-order chi connectivity index (χ0) is 20.7. The Morgan fingerprint density at radius 3 is 2.31 bits per heavy atom. The molecule has 146 valence electrons. The lowest BCUT2D eigenvalue weighted by atomic mass is 10.1. The van der Waals surface area contributed by atoms with E-state index in [1.807, 2.05) is 0 Å². The fourth-order valence-corrected chi connectivity index (χ4v) is 3.50. The van der Waals surface area contributed by atoms with Gasteiger partial charge in [0.15, 0.2) is 11.6 Å². The molecule has 0 N–H and O–H groups in total. The average molecular weight is 455 g/mol. The second-order valence-electron chi connectivity index (χ2n) is 5.80. The molecule has 0 bridgehead atoms. The van der Waals surface area contributed by atoms with E-state index in [4.69, 9.17) is 39.5 Å². The summed E-state index contributed by atoms with van der Waals surface area (Å²) >= 11 is 18.2. The van der Waals surface area contributed by atoms with Gasteiger partial charge in [0.2, 0.25) is 5.88 Å². The number of hydrogen-bond donors (Lipinski definition) is 0. The Balaban J connectivity index is 1.87. The highest BCUT2D eigenvalue weighted by molar-refractivity contribution is 6.39. The molecule has 0 amide bonds. The SMILES string of the molecule is O=c1ncn2nc(Oc3c(F)ccc(F)c3Cl)ccc2c1-c1c(Cl)cccc1Cl. The maximum atomic E-state index is 14.0. The molecule has 4 rings (SSSR count). The first kappa shape index (κ1) is 19.6. The van der Waals surface area contributed by atoms with Gasteiger partial charge in [0, 0.05) is 11.6 Å². The first-order valence-electron chi connectivity index (χ1n) is 8.01. The predicted molar refractivity (Wildman–Crippen MR) is 106 cm³/mol. The Morgan fingerprint density at radius 2 is 1.59 bits per heavy atom. The van der Waals surface area contributed by atoms with Crippen LogP contribution in [0, 0.1) is 11.6 Å². The molecule has 0 atom stereocenters. The van der Waals surface area contributed by atoms with E-state index in [0.29, 0.717) is 11.1 Å². The highest BCUT2D eigenvalue weighted by Gasteiger charge is 2.18. The van der Waals surface area contributed by atoms with E-state index in [0.717, 1.165) is 18.5 Å². The van der Waals surface area contributed by atoms with Crippen molar-refractivity contribution in [2.75, 3.05) is 0 Å². The normalized spacial score (nSPS) is 11.1. The second kappa shape index (κ2) is 7.59. The van der Waals surface area contributed by atoms with Crippen LogP contribution in [-0.4, -0.2) is 14.6 Å². The molecule has 0 saturated heterocycles. The van der Waals surface area contributed by atoms with E-state index in [1.165, 1.54) is 16.6 Å². The summed E-state index contributed by atoms with van der Waals surface area (Å²) in [5.74, 6) is -2.32. The van der Waals surface area contributed by atoms with Gasteiger partial charge in [-0.3, -0.25) is 4.79 Å². The van der Waals surface area contributed by atoms with Crippen LogP contribution in [0.15, 0.2) is 53.6 Å². The second-order valence-corrected chi connectivity index (χ2v) is 6.99. The van der Waals surface area contributed by atoms with Crippen LogP contribution in [-0.2, 0) is 0 Å². The van der Waals surface area contributed by atoms with E-state index < -0.39 is 28.0 Å². The van der Waals surface area contributed by atoms with Gasteiger partial charge in [-0.1, -0.05) is 40.9 Å². The molecule has 0 spiro atoms. The van der Waals surface area contributed by atoms with Crippen molar-refractivity contribution < 1.29 is 13.5 Å². The molecular formula is C19H8Cl3F2N3O2. The smallest absolute Gasteiger partial charge is 0.281 e. The molecule has 0 aliphatic rings. The Kier molecular flexibility index (Phi) is 5.12. The highest BCUT2D eigenvalue weighted by Crippen LogP contribution is 2.36. The minimum Gasteiger partial charge on any atom is -0.433 e. The van der Waals surface area contributed by atoms with Crippen molar-refractivity contribution in [2.45, 2.75) is 0 Å². The Labute approximate surface area is 177 Å². The molecule has 2 aromatic carbocycles. The molecule has 4 aromatic rings. The summed E-state index contributed by atoms with van der Waals surface area (Å²) in [6.07, 6.45) is 1.16. The standard InChI is InChI=1S/C19H8Cl3F2N3O2/c20-9-2-1-3-10(21)15(9)16-13-6-7-14(26-27(13)8-25-19(16)28)29-18-12(24)5-4-11(23)17(18)22/h1-8H. The number of nitrogens with zero attached hydrogens (tertiary/aromatic N) is 3. The number of ether oxygens (including phenoxy) is 1. The Bertz CT molecular complexity index is 1310. The van der Waals surface area contributed by atoms with E-state index >= 15 is 0 Å². The Hall–Kier alpha value is -2.74. The molecule has 2 heterocycles. The van der Waals surface area contributed by atoms with Gasteiger partial charge in [-0.2, -0.15) is 4.98 Å². The Morgan fingerprint density at radius 1 is 0.897 bits per heavy atom. The van der Waals surface area contributed by atoms with Crippen LogP contribution in [0.5, 0.6) is 11.6 Å². The van der Waals surface area contributed by atoms with Crippen molar-refractivity contribution in [1.29, 1.82) is 0 Å². The quantitative estimate of drug-likeness (QED) is 0.368. The van der Waals surface area contributed by atoms with E-state index in [9.17, 15) is 13.6 Å². The van der Waals surface area contributed by atoms with Crippen molar-refractivity contribution in [3.8, 4) is 22.8 Å². The first-order valence-corrected chi connectivity index (χ1v) is 9.14. The van der Waals surface area contributed by atoms with Crippen LogP contribution in [0.3, 0.4) is 0 Å². The van der Waals surface area contributed by atoms with Gasteiger partial charge in [0.25, 0.3) is 5.56 Å². The zero-order valence-corrected chi connectivity index (χ0v) is 16.4. The van der Waals surface area contributed by atoms with Gasteiger partial charge in [0.1, 0.15) is 17.2 Å². The number of fused-ring (bicyclic) bond motifs is 1. The fourth-order valence-electron chi connectivity index (χ4n) is 2.72. The molecule has 0 aliphatic carbocycles. The number of rotatable bonds is 3. The lowest BCUT2D eigenvalue weighted by Crippen LogP contribution is -2.14. The molecule has 0 saturated carbocycles. The molecule has 10 heteroatoms. The lowest BCUT2D eigenvalue weighted by molar-refractivity contribution is 0.415. The summed E-state index contributed by atoms with van der Waals surface area (Å²) in [6, 6.07) is 9.44. The minimum absolute atomic E-state index is 0.106. The monoisotopic (exact) mass is 453 g/mol. The van der Waals surface area contributed by atoms with Crippen molar-refractivity contribution in [3.05, 3.63) is 85.8 Å². The third kappa shape index (κ3) is 3.53. The molecule has 0 unspecified atom stereocenters. The molecule has 0 aliphatic heterocycles. The summed E-state index contributed by atoms with van der Waals surface area (Å²) in [5, 5.41) is 4.13.